The molecule has 82 valence electrons. The smallest absolute Gasteiger partial charge is 0.296 e. The number of nitrogens with one attached hydrogen (secondary N) is 1. The zero-order chi connectivity index (χ0) is 11.1. The van der Waals surface area contributed by atoms with E-state index in [9.17, 15) is 13.2 Å². The van der Waals surface area contributed by atoms with Crippen LogP contribution in [-0.4, -0.2) is 29.9 Å². The fraction of sp³-hybridized carbons (Fsp3) is 0.500. The topological polar surface area (TPSA) is 79.9 Å². The Morgan fingerprint density at radius 3 is 2.80 bits per heavy atom. The minimum Gasteiger partial charge on any atom is -0.296 e. The number of aromatic amines is 1. The molecule has 15 heavy (non-hydrogen) atoms. The van der Waals surface area contributed by atoms with E-state index in [0.29, 0.717) is 12.0 Å². The molecule has 1 aliphatic heterocycles. The van der Waals surface area contributed by atoms with Crippen molar-refractivity contribution in [1.29, 1.82) is 0 Å². The zero-order valence-corrected chi connectivity index (χ0v) is 9.31. The van der Waals surface area contributed by atoms with Gasteiger partial charge in [0.2, 0.25) is 0 Å². The van der Waals surface area contributed by atoms with Crippen molar-refractivity contribution in [2.24, 2.45) is 0 Å². The molecule has 1 atom stereocenters. The van der Waals surface area contributed by atoms with Crippen molar-refractivity contribution < 1.29 is 8.42 Å². The summed E-state index contributed by atoms with van der Waals surface area (Å²) in [5.74, 6) is 0.111. The first kappa shape index (κ1) is 10.6. The number of hydrogen-bond donors (Lipinski definition) is 1. The van der Waals surface area contributed by atoms with Gasteiger partial charge in [-0.2, -0.15) is 0 Å². The molecule has 1 aliphatic rings. The van der Waals surface area contributed by atoms with Crippen molar-refractivity contribution >= 4 is 21.4 Å². The Morgan fingerprint density at radius 1 is 1.53 bits per heavy atom. The Balaban J connectivity index is 2.36. The average Bonchev–Trinajstić information content (AvgIpc) is 2.46. The maximum Gasteiger partial charge on any atom is 0.346 e. The van der Waals surface area contributed by atoms with Crippen molar-refractivity contribution in [3.05, 3.63) is 27.4 Å². The van der Waals surface area contributed by atoms with E-state index in [1.165, 1.54) is 6.20 Å². The Kier molecular flexibility index (Phi) is 2.56. The summed E-state index contributed by atoms with van der Waals surface area (Å²) in [6, 6.07) is 0. The summed E-state index contributed by atoms with van der Waals surface area (Å²) in [6.07, 6.45) is 1.89. The average molecular weight is 249 g/mol. The number of hydrogen-bond acceptors (Lipinski definition) is 4. The van der Waals surface area contributed by atoms with Gasteiger partial charge in [0.15, 0.2) is 9.84 Å². The first-order valence-electron chi connectivity index (χ1n) is 4.43. The number of H-pyrrole nitrogens is 1. The molecule has 5 nitrogen and oxygen atoms in total. The molecule has 1 aromatic heterocycles. The fourth-order valence-electron chi connectivity index (χ4n) is 1.71. The third-order valence-electron chi connectivity index (χ3n) is 2.46. The summed E-state index contributed by atoms with van der Waals surface area (Å²) in [6.45, 7) is 0. The van der Waals surface area contributed by atoms with Gasteiger partial charge in [-0.05, 0) is 6.42 Å². The number of sulfone groups is 1. The van der Waals surface area contributed by atoms with Gasteiger partial charge in [0, 0.05) is 17.7 Å². The number of nitrogens with zero attached hydrogens (tertiary/aromatic N) is 1. The van der Waals surface area contributed by atoms with Gasteiger partial charge in [-0.1, -0.05) is 11.6 Å². The molecule has 0 bridgehead atoms. The summed E-state index contributed by atoms with van der Waals surface area (Å²) < 4.78 is 22.5. The van der Waals surface area contributed by atoms with Crippen LogP contribution in [0.3, 0.4) is 0 Å². The van der Waals surface area contributed by atoms with Crippen LogP contribution in [0.2, 0.25) is 5.15 Å². The monoisotopic (exact) mass is 248 g/mol. The normalized spacial score (nSPS) is 24.2. The second-order valence-electron chi connectivity index (χ2n) is 3.56. The molecule has 7 heteroatoms. The maximum atomic E-state index is 11.3. The highest BCUT2D eigenvalue weighted by molar-refractivity contribution is 7.91. The Bertz CT molecular complexity index is 537. The van der Waals surface area contributed by atoms with Crippen LogP contribution < -0.4 is 5.69 Å². The summed E-state index contributed by atoms with van der Waals surface area (Å²) in [5.41, 5.74) is 0.0851. The van der Waals surface area contributed by atoms with E-state index < -0.39 is 15.5 Å². The Hall–Kier alpha value is -0.880. The van der Waals surface area contributed by atoms with Crippen molar-refractivity contribution in [1.82, 2.24) is 9.97 Å². The van der Waals surface area contributed by atoms with E-state index in [-0.39, 0.29) is 22.6 Å². The van der Waals surface area contributed by atoms with Gasteiger partial charge >= 0.3 is 5.69 Å². The van der Waals surface area contributed by atoms with E-state index in [4.69, 9.17) is 11.6 Å². The molecule has 2 heterocycles. The van der Waals surface area contributed by atoms with Gasteiger partial charge in [-0.3, -0.25) is 4.98 Å². The predicted molar refractivity (Wildman–Crippen MR) is 55.9 cm³/mol. The summed E-state index contributed by atoms with van der Waals surface area (Å²) >= 11 is 5.81. The lowest BCUT2D eigenvalue weighted by Gasteiger charge is -2.08. The minimum atomic E-state index is -2.95. The van der Waals surface area contributed by atoms with Crippen LogP contribution in [-0.2, 0) is 9.84 Å². The van der Waals surface area contributed by atoms with Crippen LogP contribution in [0.5, 0.6) is 0 Å². The van der Waals surface area contributed by atoms with Crippen molar-refractivity contribution in [2.45, 2.75) is 12.3 Å². The molecule has 0 aliphatic carbocycles. The Morgan fingerprint density at radius 2 is 2.27 bits per heavy atom. The molecule has 1 saturated heterocycles. The summed E-state index contributed by atoms with van der Waals surface area (Å²) in [5, 5.41) is 0.192. The van der Waals surface area contributed by atoms with E-state index in [1.54, 1.807) is 0 Å². The van der Waals surface area contributed by atoms with Gasteiger partial charge in [0.05, 0.1) is 11.5 Å². The van der Waals surface area contributed by atoms with E-state index in [1.807, 2.05) is 0 Å². The predicted octanol–water partition coefficient (Wildman–Crippen LogP) is 0.325. The van der Waals surface area contributed by atoms with Crippen LogP contribution >= 0.6 is 11.6 Å². The van der Waals surface area contributed by atoms with E-state index in [2.05, 4.69) is 9.97 Å². The lowest BCUT2D eigenvalue weighted by Crippen LogP contribution is -2.13. The zero-order valence-electron chi connectivity index (χ0n) is 7.73. The molecule has 0 radical (unpaired) electrons. The van der Waals surface area contributed by atoms with Crippen LogP contribution in [0.15, 0.2) is 11.0 Å². The van der Waals surface area contributed by atoms with Crippen molar-refractivity contribution in [3.63, 3.8) is 0 Å². The largest absolute Gasteiger partial charge is 0.346 e. The molecule has 1 fully saturated rings. The third-order valence-corrected chi connectivity index (χ3v) is 4.54. The van der Waals surface area contributed by atoms with Crippen molar-refractivity contribution in [2.75, 3.05) is 11.5 Å². The lowest BCUT2D eigenvalue weighted by atomic mass is 10.0. The SMILES string of the molecule is O=c1ncc(C2CCS(=O)(=O)C2)c(Cl)[nH]1. The van der Waals surface area contributed by atoms with Crippen LogP contribution in [0.1, 0.15) is 17.9 Å². The third kappa shape index (κ3) is 2.21. The summed E-state index contributed by atoms with van der Waals surface area (Å²) in [7, 11) is -2.95. The molecule has 1 N–H and O–H groups in total. The van der Waals surface area contributed by atoms with Crippen molar-refractivity contribution in [3.8, 4) is 0 Å². The molecule has 0 aromatic carbocycles. The standard InChI is InChI=1S/C8H9ClN2O3S/c9-7-6(3-10-8(12)11-7)5-1-2-15(13,14)4-5/h3,5H,1-2,4H2,(H,10,11,12). The first-order valence-corrected chi connectivity index (χ1v) is 6.63. The van der Waals surface area contributed by atoms with Gasteiger partial charge in [-0.25, -0.2) is 18.2 Å². The second-order valence-corrected chi connectivity index (χ2v) is 6.16. The van der Waals surface area contributed by atoms with E-state index >= 15 is 0 Å². The maximum absolute atomic E-state index is 11.3. The van der Waals surface area contributed by atoms with Gasteiger partial charge < -0.3 is 0 Å². The molecule has 2 rings (SSSR count). The number of aromatic nitrogens is 2. The van der Waals surface area contributed by atoms with Crippen LogP contribution in [0.25, 0.3) is 0 Å². The minimum absolute atomic E-state index is 0.0838. The molecule has 0 saturated carbocycles. The van der Waals surface area contributed by atoms with Gasteiger partial charge in [0.1, 0.15) is 5.15 Å². The number of rotatable bonds is 1. The second kappa shape index (κ2) is 3.61. The molecule has 0 spiro atoms. The van der Waals surface area contributed by atoms with Crippen LogP contribution in [0.4, 0.5) is 0 Å². The molecular formula is C8H9ClN2O3S. The highest BCUT2D eigenvalue weighted by atomic mass is 35.5. The van der Waals surface area contributed by atoms with Gasteiger partial charge in [0.25, 0.3) is 0 Å². The number of halogens is 1. The summed E-state index contributed by atoms with van der Waals surface area (Å²) in [4.78, 5) is 16.7. The highest BCUT2D eigenvalue weighted by Crippen LogP contribution is 2.31. The quantitative estimate of drug-likeness (QED) is 0.726. The highest BCUT2D eigenvalue weighted by Gasteiger charge is 2.30. The van der Waals surface area contributed by atoms with Gasteiger partial charge in [-0.15, -0.1) is 0 Å². The Labute approximate surface area is 91.4 Å². The molecule has 1 aromatic rings. The molecular weight excluding hydrogens is 240 g/mol. The van der Waals surface area contributed by atoms with E-state index in [0.717, 1.165) is 0 Å². The van der Waals surface area contributed by atoms with Crippen LogP contribution in [0, 0.1) is 0 Å². The fourth-order valence-corrected chi connectivity index (χ4v) is 3.76. The first-order chi connectivity index (χ1) is 6.98. The molecule has 1 unspecified atom stereocenters. The lowest BCUT2D eigenvalue weighted by molar-refractivity contribution is 0.601. The molecule has 0 amide bonds.